The summed E-state index contributed by atoms with van der Waals surface area (Å²) < 4.78 is 29.2. The summed E-state index contributed by atoms with van der Waals surface area (Å²) in [4.78, 5) is 8.34. The van der Waals surface area contributed by atoms with E-state index in [1.165, 1.54) is 4.52 Å². The number of aryl methyl sites for hydroxylation is 1. The molecule has 1 saturated carbocycles. The van der Waals surface area contributed by atoms with Crippen LogP contribution < -0.4 is 4.72 Å². The number of nitrogens with zero attached hydrogens (tertiary/aromatic N) is 4. The average Bonchev–Trinajstić information content (AvgIpc) is 3.29. The fraction of sp³-hybridized carbons (Fsp3) is 0.267. The predicted molar refractivity (Wildman–Crippen MR) is 94.8 cm³/mol. The van der Waals surface area contributed by atoms with Gasteiger partial charge in [-0.2, -0.15) is 17.9 Å². The van der Waals surface area contributed by atoms with E-state index >= 15 is 0 Å². The lowest BCUT2D eigenvalue weighted by Crippen LogP contribution is -2.15. The van der Waals surface area contributed by atoms with Crippen LogP contribution in [0.25, 0.3) is 5.78 Å². The van der Waals surface area contributed by atoms with E-state index < -0.39 is 10.0 Å². The first kappa shape index (κ1) is 16.6. The number of fused-ring (bicyclic) bond motifs is 1. The number of benzene rings is 1. The zero-order valence-corrected chi connectivity index (χ0v) is 15.4. The molecule has 0 atom stereocenters. The van der Waals surface area contributed by atoms with Crippen LogP contribution in [0.15, 0.2) is 29.4 Å². The summed E-state index contributed by atoms with van der Waals surface area (Å²) in [5.41, 5.74) is 1.79. The molecule has 0 radical (unpaired) electrons. The van der Waals surface area contributed by atoms with Crippen molar-refractivity contribution >= 4 is 44.7 Å². The highest BCUT2D eigenvalue weighted by molar-refractivity contribution is 7.92. The number of anilines is 1. The number of hydrogen-bond acceptors (Lipinski definition) is 5. The number of sulfonamides is 1. The third kappa shape index (κ3) is 3.05. The van der Waals surface area contributed by atoms with E-state index in [-0.39, 0.29) is 26.7 Å². The average molecular weight is 398 g/mol. The molecule has 3 aromatic rings. The Morgan fingerprint density at radius 1 is 1.20 bits per heavy atom. The van der Waals surface area contributed by atoms with E-state index in [9.17, 15) is 8.42 Å². The van der Waals surface area contributed by atoms with Gasteiger partial charge in [0.1, 0.15) is 0 Å². The van der Waals surface area contributed by atoms with Gasteiger partial charge in [0.05, 0.1) is 21.4 Å². The predicted octanol–water partition coefficient (Wildman–Crippen LogP) is 3.42. The lowest BCUT2D eigenvalue weighted by molar-refractivity contribution is 0.591. The van der Waals surface area contributed by atoms with Crippen LogP contribution in [0.5, 0.6) is 0 Å². The van der Waals surface area contributed by atoms with Crippen molar-refractivity contribution < 1.29 is 8.42 Å². The van der Waals surface area contributed by atoms with E-state index in [0.29, 0.717) is 5.92 Å². The fourth-order valence-electron chi connectivity index (χ4n) is 2.56. The Hall–Kier alpha value is -1.90. The van der Waals surface area contributed by atoms with Gasteiger partial charge in [-0.25, -0.2) is 4.98 Å². The minimum absolute atomic E-state index is 0.0937. The highest BCUT2D eigenvalue weighted by Gasteiger charge is 2.30. The molecule has 1 N–H and O–H groups in total. The van der Waals surface area contributed by atoms with Crippen molar-refractivity contribution in [1.29, 1.82) is 0 Å². The summed E-state index contributed by atoms with van der Waals surface area (Å²) in [7, 11) is -4.06. The second-order valence-electron chi connectivity index (χ2n) is 5.91. The number of para-hydroxylation sites is 1. The standard InChI is InChI=1S/C15H13Cl2N5O2S/c1-8-7-12(9-5-6-9)22-14(18-8)19-15(20-22)25(23,24)21-13-10(16)3-2-4-11(13)17/h2-4,7,9,21H,5-6H2,1H3. The normalized spacial score (nSPS) is 14.8. The maximum atomic E-state index is 12.7. The Balaban J connectivity index is 1.79. The summed E-state index contributed by atoms with van der Waals surface area (Å²) in [6.07, 6.45) is 2.10. The SMILES string of the molecule is Cc1cc(C2CC2)n2nc(S(=O)(=O)Nc3c(Cl)cccc3Cl)nc2n1. The van der Waals surface area contributed by atoms with Crippen LogP contribution in [0.4, 0.5) is 5.69 Å². The van der Waals surface area contributed by atoms with E-state index in [0.717, 1.165) is 24.2 Å². The van der Waals surface area contributed by atoms with Gasteiger partial charge in [0, 0.05) is 11.6 Å². The molecule has 1 aliphatic rings. The number of halogens is 2. The third-order valence-corrected chi connectivity index (χ3v) is 5.64. The van der Waals surface area contributed by atoms with Crippen LogP contribution in [0.2, 0.25) is 10.0 Å². The molecule has 10 heteroatoms. The van der Waals surface area contributed by atoms with Crippen molar-refractivity contribution in [2.75, 3.05) is 4.72 Å². The van der Waals surface area contributed by atoms with Gasteiger partial charge in [-0.1, -0.05) is 29.3 Å². The van der Waals surface area contributed by atoms with Crippen molar-refractivity contribution in [3.63, 3.8) is 0 Å². The van der Waals surface area contributed by atoms with Crippen molar-refractivity contribution in [2.24, 2.45) is 0 Å². The zero-order chi connectivity index (χ0) is 17.8. The molecular formula is C15H13Cl2N5O2S. The van der Waals surface area contributed by atoms with Crippen LogP contribution in [-0.2, 0) is 10.0 Å². The number of nitrogens with one attached hydrogen (secondary N) is 1. The smallest absolute Gasteiger partial charge is 0.274 e. The van der Waals surface area contributed by atoms with Crippen LogP contribution in [0.3, 0.4) is 0 Å². The monoisotopic (exact) mass is 397 g/mol. The first-order valence-electron chi connectivity index (χ1n) is 7.56. The fourth-order valence-corrected chi connectivity index (χ4v) is 4.13. The molecule has 0 unspecified atom stereocenters. The first-order chi connectivity index (χ1) is 11.8. The molecule has 1 aliphatic carbocycles. The van der Waals surface area contributed by atoms with Crippen LogP contribution in [-0.4, -0.2) is 28.0 Å². The summed E-state index contributed by atoms with van der Waals surface area (Å²) in [5, 5.41) is 4.15. The molecular weight excluding hydrogens is 385 g/mol. The van der Waals surface area contributed by atoms with E-state index in [1.807, 2.05) is 13.0 Å². The Morgan fingerprint density at radius 2 is 1.88 bits per heavy atom. The van der Waals surface area contributed by atoms with E-state index in [4.69, 9.17) is 23.2 Å². The Labute approximate surface area is 154 Å². The molecule has 4 rings (SSSR count). The molecule has 1 fully saturated rings. The summed E-state index contributed by atoms with van der Waals surface area (Å²) in [5.74, 6) is 0.625. The molecule has 0 amide bonds. The molecule has 0 saturated heterocycles. The second-order valence-corrected chi connectivity index (χ2v) is 8.30. The quantitative estimate of drug-likeness (QED) is 0.728. The largest absolute Gasteiger partial charge is 0.299 e. The molecule has 2 aromatic heterocycles. The minimum Gasteiger partial charge on any atom is -0.274 e. The van der Waals surface area contributed by atoms with E-state index in [2.05, 4.69) is 19.8 Å². The van der Waals surface area contributed by atoms with E-state index in [1.54, 1.807) is 18.2 Å². The van der Waals surface area contributed by atoms with Gasteiger partial charge < -0.3 is 0 Å². The maximum Gasteiger partial charge on any atom is 0.299 e. The first-order valence-corrected chi connectivity index (χ1v) is 9.80. The number of hydrogen-bond donors (Lipinski definition) is 1. The molecule has 2 heterocycles. The Morgan fingerprint density at radius 3 is 2.52 bits per heavy atom. The van der Waals surface area contributed by atoms with Gasteiger partial charge in [0.25, 0.3) is 21.0 Å². The third-order valence-electron chi connectivity index (χ3n) is 3.88. The van der Waals surface area contributed by atoms with Crippen molar-refractivity contribution in [2.45, 2.75) is 30.8 Å². The number of rotatable bonds is 4. The summed E-state index contributed by atoms with van der Waals surface area (Å²) in [6.45, 7) is 1.84. The van der Waals surface area contributed by atoms with Gasteiger partial charge in [-0.15, -0.1) is 5.10 Å². The Bertz CT molecular complexity index is 1070. The maximum absolute atomic E-state index is 12.7. The van der Waals surface area contributed by atoms with Crippen molar-refractivity contribution in [3.8, 4) is 0 Å². The molecule has 0 bridgehead atoms. The summed E-state index contributed by atoms with van der Waals surface area (Å²) >= 11 is 12.1. The van der Waals surface area contributed by atoms with Crippen molar-refractivity contribution in [3.05, 3.63) is 45.7 Å². The topological polar surface area (TPSA) is 89.3 Å². The van der Waals surface area contributed by atoms with Crippen LogP contribution in [0, 0.1) is 6.92 Å². The lowest BCUT2D eigenvalue weighted by atomic mass is 10.2. The zero-order valence-electron chi connectivity index (χ0n) is 13.1. The highest BCUT2D eigenvalue weighted by atomic mass is 35.5. The van der Waals surface area contributed by atoms with Gasteiger partial charge in [0.2, 0.25) is 0 Å². The molecule has 1 aromatic carbocycles. The number of aromatic nitrogens is 4. The molecule has 25 heavy (non-hydrogen) atoms. The molecule has 7 nitrogen and oxygen atoms in total. The highest BCUT2D eigenvalue weighted by Crippen LogP contribution is 2.40. The molecule has 0 aliphatic heterocycles. The molecule has 130 valence electrons. The summed E-state index contributed by atoms with van der Waals surface area (Å²) in [6, 6.07) is 6.62. The van der Waals surface area contributed by atoms with Crippen LogP contribution >= 0.6 is 23.2 Å². The van der Waals surface area contributed by atoms with Gasteiger partial charge in [-0.3, -0.25) is 4.72 Å². The Kier molecular flexibility index (Phi) is 3.86. The van der Waals surface area contributed by atoms with Crippen LogP contribution in [0.1, 0.15) is 30.1 Å². The van der Waals surface area contributed by atoms with Gasteiger partial charge >= 0.3 is 0 Å². The van der Waals surface area contributed by atoms with Gasteiger partial charge in [-0.05, 0) is 38.0 Å². The van der Waals surface area contributed by atoms with Crippen molar-refractivity contribution in [1.82, 2.24) is 19.6 Å². The molecule has 0 spiro atoms. The van der Waals surface area contributed by atoms with Gasteiger partial charge in [0.15, 0.2) is 0 Å². The lowest BCUT2D eigenvalue weighted by Gasteiger charge is -2.08. The minimum atomic E-state index is -4.06. The second kappa shape index (κ2) is 5.82.